The molecule has 2 aliphatic rings. The fourth-order valence-corrected chi connectivity index (χ4v) is 4.14. The maximum atomic E-state index is 13.7. The van der Waals surface area contributed by atoms with Crippen molar-refractivity contribution >= 4 is 35.1 Å². The summed E-state index contributed by atoms with van der Waals surface area (Å²) >= 11 is 0. The molecule has 0 spiro atoms. The number of amides is 3. The minimum Gasteiger partial charge on any atom is -0.478 e. The molecule has 0 unspecified atom stereocenters. The van der Waals surface area contributed by atoms with Gasteiger partial charge in [-0.25, -0.2) is 18.0 Å². The second-order valence-corrected chi connectivity index (χ2v) is 8.05. The molecule has 2 N–H and O–H groups in total. The number of alkyl halides is 2. The van der Waals surface area contributed by atoms with Gasteiger partial charge in [-0.15, -0.1) is 0 Å². The van der Waals surface area contributed by atoms with E-state index in [0.29, 0.717) is 23.6 Å². The van der Waals surface area contributed by atoms with Crippen LogP contribution in [0.5, 0.6) is 0 Å². The quantitative estimate of drug-likeness (QED) is 0.577. The molecule has 35 heavy (non-hydrogen) atoms. The Morgan fingerprint density at radius 1 is 1.06 bits per heavy atom. The lowest BCUT2D eigenvalue weighted by molar-refractivity contribution is -0.121. The Hall–Kier alpha value is -4.15. The van der Waals surface area contributed by atoms with Crippen LogP contribution in [0.3, 0.4) is 0 Å². The smallest absolute Gasteiger partial charge is 0.337 e. The van der Waals surface area contributed by atoms with Crippen molar-refractivity contribution in [3.8, 4) is 0 Å². The molecule has 8 nitrogen and oxygen atoms in total. The van der Waals surface area contributed by atoms with Gasteiger partial charge in [0.1, 0.15) is 11.9 Å². The van der Waals surface area contributed by atoms with Gasteiger partial charge in [-0.2, -0.15) is 0 Å². The van der Waals surface area contributed by atoms with Gasteiger partial charge in [-0.3, -0.25) is 19.3 Å². The SMILES string of the molecule is O=C(O)c1cc(N2CCC=C(F)C2)ccc1NC(=O)[C@H](CC(F)F)N1C(=O)c2ccccc2C1=O. The van der Waals surface area contributed by atoms with Crippen LogP contribution in [0.15, 0.2) is 54.4 Å². The van der Waals surface area contributed by atoms with E-state index in [1.54, 1.807) is 4.90 Å². The van der Waals surface area contributed by atoms with E-state index >= 15 is 0 Å². The number of carbonyl (C=O) groups is 4. The highest BCUT2D eigenvalue weighted by Crippen LogP contribution is 2.29. The van der Waals surface area contributed by atoms with Crippen LogP contribution in [0.25, 0.3) is 0 Å². The number of rotatable bonds is 7. The molecule has 4 rings (SSSR count). The van der Waals surface area contributed by atoms with Crippen molar-refractivity contribution in [2.45, 2.75) is 25.3 Å². The van der Waals surface area contributed by atoms with Crippen LogP contribution in [0, 0.1) is 0 Å². The number of hydrogen-bond acceptors (Lipinski definition) is 5. The van der Waals surface area contributed by atoms with Crippen LogP contribution in [0.4, 0.5) is 24.5 Å². The average molecular weight is 487 g/mol. The van der Waals surface area contributed by atoms with Gasteiger partial charge in [0.05, 0.1) is 28.9 Å². The van der Waals surface area contributed by atoms with E-state index in [1.807, 2.05) is 0 Å². The number of anilines is 2. The zero-order valence-corrected chi connectivity index (χ0v) is 18.2. The fraction of sp³-hybridized carbons (Fsp3) is 0.250. The van der Waals surface area contributed by atoms with Crippen molar-refractivity contribution in [3.63, 3.8) is 0 Å². The highest BCUT2D eigenvalue weighted by Gasteiger charge is 2.43. The van der Waals surface area contributed by atoms with Gasteiger partial charge in [0.15, 0.2) is 0 Å². The zero-order chi connectivity index (χ0) is 25.3. The molecule has 0 saturated carbocycles. The summed E-state index contributed by atoms with van der Waals surface area (Å²) in [4.78, 5) is 52.5. The van der Waals surface area contributed by atoms with Gasteiger partial charge in [0, 0.05) is 18.7 Å². The maximum absolute atomic E-state index is 13.7. The first-order valence-corrected chi connectivity index (χ1v) is 10.7. The molecule has 182 valence electrons. The number of carboxylic acid groups (broad SMARTS) is 1. The number of imide groups is 1. The average Bonchev–Trinajstić information content (AvgIpc) is 3.07. The van der Waals surface area contributed by atoms with Gasteiger partial charge in [-0.05, 0) is 42.8 Å². The summed E-state index contributed by atoms with van der Waals surface area (Å²) in [6.07, 6.45) is -2.29. The standard InChI is InChI=1S/C24H20F3N3O5/c25-13-4-3-9-29(12-13)14-7-8-18(17(10-14)24(34)35)28-21(31)19(11-20(26)27)30-22(32)15-5-1-2-6-16(15)23(30)33/h1-2,4-8,10,19-20H,3,9,11-12H2,(H,28,31)(H,34,35)/t19-/m0/s1. The normalized spacial score (nSPS) is 16.3. The Labute approximate surface area is 197 Å². The minimum atomic E-state index is -3.03. The van der Waals surface area contributed by atoms with E-state index in [-0.39, 0.29) is 34.7 Å². The highest BCUT2D eigenvalue weighted by molar-refractivity contribution is 6.23. The van der Waals surface area contributed by atoms with E-state index in [4.69, 9.17) is 0 Å². The van der Waals surface area contributed by atoms with Crippen LogP contribution in [0.2, 0.25) is 0 Å². The minimum absolute atomic E-state index is 0.0112. The van der Waals surface area contributed by atoms with Crippen molar-refractivity contribution < 1.29 is 37.5 Å². The van der Waals surface area contributed by atoms with Crippen LogP contribution in [-0.2, 0) is 4.79 Å². The van der Waals surface area contributed by atoms with Crippen molar-refractivity contribution in [1.29, 1.82) is 0 Å². The Morgan fingerprint density at radius 3 is 2.29 bits per heavy atom. The van der Waals surface area contributed by atoms with Gasteiger partial charge < -0.3 is 15.3 Å². The molecule has 0 bridgehead atoms. The molecular weight excluding hydrogens is 467 g/mol. The van der Waals surface area contributed by atoms with Crippen molar-refractivity contribution in [1.82, 2.24) is 4.90 Å². The monoisotopic (exact) mass is 487 g/mol. The summed E-state index contributed by atoms with van der Waals surface area (Å²) in [7, 11) is 0. The molecule has 2 aliphatic heterocycles. The predicted molar refractivity (Wildman–Crippen MR) is 119 cm³/mol. The Balaban J connectivity index is 1.62. The van der Waals surface area contributed by atoms with E-state index in [1.165, 1.54) is 48.5 Å². The molecule has 2 aromatic carbocycles. The summed E-state index contributed by atoms with van der Waals surface area (Å²) < 4.78 is 40.4. The van der Waals surface area contributed by atoms with Gasteiger partial charge in [0.25, 0.3) is 11.8 Å². The van der Waals surface area contributed by atoms with Gasteiger partial charge >= 0.3 is 5.97 Å². The predicted octanol–water partition coefficient (Wildman–Crippen LogP) is 3.71. The van der Waals surface area contributed by atoms with Crippen LogP contribution >= 0.6 is 0 Å². The molecule has 0 aromatic heterocycles. The number of nitrogens with zero attached hydrogens (tertiary/aromatic N) is 2. The molecule has 3 amide bonds. The number of aromatic carboxylic acids is 1. The Bertz CT molecular complexity index is 1210. The van der Waals surface area contributed by atoms with Crippen molar-refractivity contribution in [2.75, 3.05) is 23.3 Å². The van der Waals surface area contributed by atoms with E-state index < -0.39 is 42.6 Å². The summed E-state index contributed by atoms with van der Waals surface area (Å²) in [5, 5.41) is 11.9. The van der Waals surface area contributed by atoms with Crippen LogP contribution < -0.4 is 10.2 Å². The van der Waals surface area contributed by atoms with Crippen molar-refractivity contribution in [3.05, 3.63) is 71.1 Å². The summed E-state index contributed by atoms with van der Waals surface area (Å²) in [5.74, 6) is -4.69. The number of carboxylic acids is 1. The molecule has 11 heteroatoms. The van der Waals surface area contributed by atoms with Gasteiger partial charge in [0.2, 0.25) is 12.3 Å². The number of nitrogens with one attached hydrogen (secondary N) is 1. The third-order valence-corrected chi connectivity index (χ3v) is 5.80. The lowest BCUT2D eigenvalue weighted by Crippen LogP contribution is -2.48. The number of hydrogen-bond donors (Lipinski definition) is 2. The lowest BCUT2D eigenvalue weighted by Gasteiger charge is -2.28. The highest BCUT2D eigenvalue weighted by atomic mass is 19.3. The fourth-order valence-electron chi connectivity index (χ4n) is 4.14. The topological polar surface area (TPSA) is 107 Å². The Morgan fingerprint density at radius 2 is 1.71 bits per heavy atom. The van der Waals surface area contributed by atoms with Crippen LogP contribution in [0.1, 0.15) is 43.9 Å². The first-order chi connectivity index (χ1) is 16.7. The maximum Gasteiger partial charge on any atom is 0.337 e. The first-order valence-electron chi connectivity index (χ1n) is 10.7. The number of fused-ring (bicyclic) bond motifs is 1. The summed E-state index contributed by atoms with van der Waals surface area (Å²) in [6.45, 7) is 0.412. The molecule has 0 aliphatic carbocycles. The second kappa shape index (κ2) is 9.61. The Kier molecular flexibility index (Phi) is 6.59. The third-order valence-electron chi connectivity index (χ3n) is 5.80. The van der Waals surface area contributed by atoms with Crippen molar-refractivity contribution in [2.24, 2.45) is 0 Å². The molecule has 0 fully saturated rings. The third kappa shape index (κ3) is 4.75. The lowest BCUT2D eigenvalue weighted by atomic mass is 10.1. The molecule has 1 atom stereocenters. The largest absolute Gasteiger partial charge is 0.478 e. The molecule has 0 radical (unpaired) electrons. The van der Waals surface area contributed by atoms with E-state index in [0.717, 1.165) is 0 Å². The van der Waals surface area contributed by atoms with Gasteiger partial charge in [-0.1, -0.05) is 12.1 Å². The molecule has 2 aromatic rings. The van der Waals surface area contributed by atoms with E-state index in [2.05, 4.69) is 5.32 Å². The summed E-state index contributed by atoms with van der Waals surface area (Å²) in [5.41, 5.74) is -0.196. The summed E-state index contributed by atoms with van der Waals surface area (Å²) in [6, 6.07) is 7.80. The molecular formula is C24H20F3N3O5. The number of benzene rings is 2. The van der Waals surface area contributed by atoms with Crippen LogP contribution in [-0.4, -0.2) is 59.3 Å². The molecule has 0 saturated heterocycles. The molecule has 2 heterocycles. The number of carbonyl (C=O) groups excluding carboxylic acids is 3. The number of halogens is 3. The zero-order valence-electron chi connectivity index (χ0n) is 18.2. The second-order valence-electron chi connectivity index (χ2n) is 8.05. The van der Waals surface area contributed by atoms with E-state index in [9.17, 15) is 37.5 Å². The first kappa shape index (κ1) is 24.0.